The van der Waals surface area contributed by atoms with Gasteiger partial charge in [-0.3, -0.25) is 9.59 Å². The second-order valence-corrected chi connectivity index (χ2v) is 7.97. The van der Waals surface area contributed by atoms with Crippen molar-refractivity contribution >= 4 is 17.5 Å². The molecule has 4 rings (SSSR count). The van der Waals surface area contributed by atoms with E-state index < -0.39 is 0 Å². The van der Waals surface area contributed by atoms with E-state index in [4.69, 9.17) is 0 Å². The van der Waals surface area contributed by atoms with Gasteiger partial charge >= 0.3 is 0 Å². The number of anilines is 1. The third-order valence-corrected chi connectivity index (χ3v) is 6.04. The number of likely N-dealkylation sites (tertiary alicyclic amines) is 1. The van der Waals surface area contributed by atoms with Gasteiger partial charge in [0.15, 0.2) is 0 Å². The van der Waals surface area contributed by atoms with Crippen LogP contribution < -0.4 is 4.90 Å². The first-order valence-electron chi connectivity index (χ1n) is 10.0. The van der Waals surface area contributed by atoms with Crippen LogP contribution in [0.25, 0.3) is 0 Å². The van der Waals surface area contributed by atoms with Crippen molar-refractivity contribution in [3.63, 3.8) is 0 Å². The van der Waals surface area contributed by atoms with Crippen molar-refractivity contribution in [1.29, 1.82) is 0 Å². The number of nitrogens with zero attached hydrogens (tertiary/aromatic N) is 3. The van der Waals surface area contributed by atoms with E-state index in [-0.39, 0.29) is 17.7 Å². The third kappa shape index (κ3) is 3.57. The number of benzene rings is 1. The Hall–Kier alpha value is -2.04. The van der Waals surface area contributed by atoms with Crippen LogP contribution in [0.15, 0.2) is 24.3 Å². The number of hydrogen-bond acceptors (Lipinski definition) is 3. The molecule has 26 heavy (non-hydrogen) atoms. The first-order valence-corrected chi connectivity index (χ1v) is 10.0. The molecule has 1 aromatic rings. The second kappa shape index (κ2) is 7.29. The number of aryl methyl sites for hydroxylation is 1. The molecule has 1 saturated carbocycles. The molecule has 1 unspecified atom stereocenters. The van der Waals surface area contributed by atoms with Crippen molar-refractivity contribution in [3.05, 3.63) is 29.8 Å². The van der Waals surface area contributed by atoms with Crippen molar-refractivity contribution in [2.75, 3.05) is 37.6 Å². The highest BCUT2D eigenvalue weighted by Crippen LogP contribution is 2.32. The monoisotopic (exact) mass is 355 g/mol. The van der Waals surface area contributed by atoms with Crippen molar-refractivity contribution in [2.45, 2.75) is 45.1 Å². The third-order valence-electron chi connectivity index (χ3n) is 6.04. The second-order valence-electron chi connectivity index (χ2n) is 7.97. The Bertz CT molecular complexity index is 686. The van der Waals surface area contributed by atoms with Gasteiger partial charge in [0.25, 0.3) is 0 Å². The molecule has 0 spiro atoms. The van der Waals surface area contributed by atoms with Gasteiger partial charge in [-0.2, -0.15) is 0 Å². The lowest BCUT2D eigenvalue weighted by Gasteiger charge is -2.34. The summed E-state index contributed by atoms with van der Waals surface area (Å²) in [5.41, 5.74) is 2.57. The Balaban J connectivity index is 1.38. The molecule has 1 atom stereocenters. The number of rotatable bonds is 3. The molecule has 3 aliphatic rings. The fourth-order valence-electron chi connectivity index (χ4n) is 4.37. The van der Waals surface area contributed by atoms with Crippen LogP contribution in [0.5, 0.6) is 0 Å². The highest BCUT2D eigenvalue weighted by atomic mass is 16.2. The van der Waals surface area contributed by atoms with Gasteiger partial charge in [0.1, 0.15) is 0 Å². The minimum atomic E-state index is -0.00156. The van der Waals surface area contributed by atoms with E-state index >= 15 is 0 Å². The van der Waals surface area contributed by atoms with E-state index in [1.807, 2.05) is 9.80 Å². The number of carbonyl (C=O) groups excluding carboxylic acids is 2. The van der Waals surface area contributed by atoms with Crippen LogP contribution in [0.1, 0.15) is 37.7 Å². The molecule has 0 bridgehead atoms. The summed E-state index contributed by atoms with van der Waals surface area (Å²) < 4.78 is 0. The van der Waals surface area contributed by atoms with Crippen LogP contribution in [-0.2, 0) is 9.59 Å². The van der Waals surface area contributed by atoms with Gasteiger partial charge in [0.05, 0.1) is 5.92 Å². The Morgan fingerprint density at radius 1 is 1.04 bits per heavy atom. The van der Waals surface area contributed by atoms with E-state index in [1.165, 1.54) is 11.3 Å². The first-order chi connectivity index (χ1) is 12.6. The van der Waals surface area contributed by atoms with Crippen molar-refractivity contribution in [3.8, 4) is 0 Å². The van der Waals surface area contributed by atoms with Gasteiger partial charge in [0.2, 0.25) is 11.8 Å². The number of amides is 2. The zero-order valence-electron chi connectivity index (χ0n) is 15.7. The Labute approximate surface area is 155 Å². The molecule has 3 fully saturated rings. The van der Waals surface area contributed by atoms with Gasteiger partial charge < -0.3 is 14.7 Å². The molecule has 2 heterocycles. The number of carbonyl (C=O) groups is 2. The maximum absolute atomic E-state index is 13.1. The maximum atomic E-state index is 13.1. The topological polar surface area (TPSA) is 43.9 Å². The van der Waals surface area contributed by atoms with E-state index in [9.17, 15) is 9.59 Å². The molecule has 140 valence electrons. The zero-order chi connectivity index (χ0) is 18.1. The lowest BCUT2D eigenvalue weighted by molar-refractivity contribution is -0.143. The van der Waals surface area contributed by atoms with Crippen LogP contribution in [0, 0.1) is 12.8 Å². The summed E-state index contributed by atoms with van der Waals surface area (Å²) in [5, 5.41) is 0. The van der Waals surface area contributed by atoms with Gasteiger partial charge in [0, 0.05) is 50.9 Å². The van der Waals surface area contributed by atoms with Crippen molar-refractivity contribution in [1.82, 2.24) is 9.80 Å². The average molecular weight is 355 g/mol. The molecule has 5 heteroatoms. The van der Waals surface area contributed by atoms with E-state index in [0.717, 1.165) is 51.9 Å². The molecule has 0 N–H and O–H groups in total. The summed E-state index contributed by atoms with van der Waals surface area (Å²) in [6.07, 6.45) is 4.48. The summed E-state index contributed by atoms with van der Waals surface area (Å²) in [5.74, 6) is 0.506. The van der Waals surface area contributed by atoms with Crippen LogP contribution in [-0.4, -0.2) is 60.4 Å². The standard InChI is InChI=1S/C21H29N3O2/c1-16-5-2-3-6-19(16)22-11-4-12-23(14-13-22)21(26)17-7-10-20(25)24(15-17)18-8-9-18/h2-3,5-6,17-18H,4,7-15H2,1H3. The van der Waals surface area contributed by atoms with Gasteiger partial charge in [-0.25, -0.2) is 0 Å². The molecule has 5 nitrogen and oxygen atoms in total. The Morgan fingerprint density at radius 2 is 1.85 bits per heavy atom. The lowest BCUT2D eigenvalue weighted by Crippen LogP contribution is -2.48. The van der Waals surface area contributed by atoms with E-state index in [2.05, 4.69) is 36.1 Å². The fourth-order valence-corrected chi connectivity index (χ4v) is 4.37. The van der Waals surface area contributed by atoms with E-state index in [0.29, 0.717) is 19.0 Å². The lowest BCUT2D eigenvalue weighted by atomic mass is 9.95. The largest absolute Gasteiger partial charge is 0.369 e. The molecule has 1 aromatic carbocycles. The minimum Gasteiger partial charge on any atom is -0.369 e. The summed E-state index contributed by atoms with van der Waals surface area (Å²) in [7, 11) is 0. The number of para-hydroxylation sites is 1. The molecule has 2 aliphatic heterocycles. The summed E-state index contributed by atoms with van der Waals surface area (Å²) in [6.45, 7) is 6.27. The fraction of sp³-hybridized carbons (Fsp3) is 0.619. The normalized spacial score (nSPS) is 24.6. The molecule has 1 aliphatic carbocycles. The molecular formula is C21H29N3O2. The smallest absolute Gasteiger partial charge is 0.227 e. The highest BCUT2D eigenvalue weighted by Gasteiger charge is 2.39. The molecule has 2 amide bonds. The zero-order valence-corrected chi connectivity index (χ0v) is 15.7. The van der Waals surface area contributed by atoms with Crippen LogP contribution in [0.3, 0.4) is 0 Å². The molecule has 0 radical (unpaired) electrons. The summed E-state index contributed by atoms with van der Waals surface area (Å²) >= 11 is 0. The number of hydrogen-bond donors (Lipinski definition) is 0. The Kier molecular flexibility index (Phi) is 4.88. The average Bonchev–Trinajstić information content (AvgIpc) is 3.49. The molecule has 2 saturated heterocycles. The van der Waals surface area contributed by atoms with Gasteiger partial charge in [-0.05, 0) is 44.2 Å². The van der Waals surface area contributed by atoms with Crippen LogP contribution >= 0.6 is 0 Å². The van der Waals surface area contributed by atoms with Crippen LogP contribution in [0.2, 0.25) is 0 Å². The maximum Gasteiger partial charge on any atom is 0.227 e. The van der Waals surface area contributed by atoms with E-state index in [1.54, 1.807) is 0 Å². The molecule has 0 aromatic heterocycles. The Morgan fingerprint density at radius 3 is 2.62 bits per heavy atom. The minimum absolute atomic E-state index is 0.00156. The van der Waals surface area contributed by atoms with Crippen molar-refractivity contribution < 1.29 is 9.59 Å². The SMILES string of the molecule is Cc1ccccc1N1CCCN(C(=O)C2CCC(=O)N(C3CC3)C2)CC1. The predicted molar refractivity (Wildman–Crippen MR) is 102 cm³/mol. The van der Waals surface area contributed by atoms with Gasteiger partial charge in [-0.1, -0.05) is 18.2 Å². The highest BCUT2D eigenvalue weighted by molar-refractivity contribution is 5.84. The van der Waals surface area contributed by atoms with Crippen LogP contribution in [0.4, 0.5) is 5.69 Å². The first kappa shape index (κ1) is 17.4. The summed E-state index contributed by atoms with van der Waals surface area (Å²) in [4.78, 5) is 31.6. The number of piperidine rings is 1. The quantitative estimate of drug-likeness (QED) is 0.836. The van der Waals surface area contributed by atoms with Gasteiger partial charge in [-0.15, -0.1) is 0 Å². The molecular weight excluding hydrogens is 326 g/mol. The van der Waals surface area contributed by atoms with Crippen molar-refractivity contribution in [2.24, 2.45) is 5.92 Å². The predicted octanol–water partition coefficient (Wildman–Crippen LogP) is 2.43. The summed E-state index contributed by atoms with van der Waals surface area (Å²) in [6, 6.07) is 8.89.